The first-order chi connectivity index (χ1) is 17.6. The molecule has 1 amide bonds. The number of ether oxygens (including phenoxy) is 1. The number of ketones is 1. The van der Waals surface area contributed by atoms with Crippen LogP contribution in [0.2, 0.25) is 0 Å². The maximum absolute atomic E-state index is 13.0. The lowest BCUT2D eigenvalue weighted by atomic mass is 10.0. The van der Waals surface area contributed by atoms with Crippen molar-refractivity contribution in [1.29, 1.82) is 0 Å². The van der Waals surface area contributed by atoms with Gasteiger partial charge in [-0.05, 0) is 56.7 Å². The quantitative estimate of drug-likeness (QED) is 0.364. The fourth-order valence-corrected chi connectivity index (χ4v) is 4.62. The van der Waals surface area contributed by atoms with Gasteiger partial charge in [0, 0.05) is 55.4 Å². The maximum Gasteiger partial charge on any atom is 0.410 e. The van der Waals surface area contributed by atoms with E-state index in [1.807, 2.05) is 69.4 Å². The molecule has 0 radical (unpaired) electrons. The highest BCUT2D eigenvalue weighted by Gasteiger charge is 2.28. The monoisotopic (exact) mass is 500 g/mol. The van der Waals surface area contributed by atoms with Crippen LogP contribution in [0.4, 0.5) is 4.79 Å². The highest BCUT2D eigenvalue weighted by atomic mass is 16.6. The number of nitrogens with zero attached hydrogens (tertiary/aromatic N) is 6. The van der Waals surface area contributed by atoms with Gasteiger partial charge >= 0.3 is 6.09 Å². The summed E-state index contributed by atoms with van der Waals surface area (Å²) in [6, 6.07) is 8.31. The Morgan fingerprint density at radius 3 is 2.46 bits per heavy atom. The van der Waals surface area contributed by atoms with Gasteiger partial charge in [0.05, 0.1) is 30.4 Å². The number of fused-ring (bicyclic) bond motifs is 1. The van der Waals surface area contributed by atoms with Gasteiger partial charge in [0.2, 0.25) is 0 Å². The lowest BCUT2D eigenvalue weighted by Gasteiger charge is -2.33. The maximum atomic E-state index is 13.0. The first-order valence-electron chi connectivity index (χ1n) is 12.6. The molecular weight excluding hydrogens is 468 g/mol. The fraction of sp³-hybridized carbons (Fsp3) is 0.393. The van der Waals surface area contributed by atoms with E-state index in [9.17, 15) is 9.59 Å². The molecular formula is C28H32N6O3. The van der Waals surface area contributed by atoms with Crippen LogP contribution in [0.25, 0.3) is 21.9 Å². The summed E-state index contributed by atoms with van der Waals surface area (Å²) in [4.78, 5) is 31.6. The van der Waals surface area contributed by atoms with E-state index in [1.165, 1.54) is 0 Å². The van der Waals surface area contributed by atoms with Crippen molar-refractivity contribution >= 4 is 22.6 Å². The Hall–Kier alpha value is -4.01. The molecule has 1 fully saturated rings. The normalized spacial score (nSPS) is 14.8. The topological polar surface area (TPSA) is 95.1 Å². The van der Waals surface area contributed by atoms with Gasteiger partial charge in [0.15, 0.2) is 5.78 Å². The fourth-order valence-electron chi connectivity index (χ4n) is 4.62. The summed E-state index contributed by atoms with van der Waals surface area (Å²) in [5.41, 5.74) is 2.90. The smallest absolute Gasteiger partial charge is 0.410 e. The van der Waals surface area contributed by atoms with Crippen molar-refractivity contribution in [2.45, 2.75) is 51.7 Å². The Bertz CT molecular complexity index is 1440. The minimum atomic E-state index is -0.507. The second-order valence-electron chi connectivity index (χ2n) is 10.6. The number of amides is 1. The molecule has 4 aromatic rings. The SMILES string of the molecule is Cn1cc(-c2ccc3cnc(CC(=O)c4cnn(C5CCN(C(=O)OC(C)(C)C)CC5)c4)cc3c2)cn1. The summed E-state index contributed by atoms with van der Waals surface area (Å²) < 4.78 is 9.11. The predicted molar refractivity (Wildman–Crippen MR) is 140 cm³/mol. The third kappa shape index (κ3) is 5.71. The molecule has 0 atom stereocenters. The molecule has 3 aromatic heterocycles. The van der Waals surface area contributed by atoms with Crippen LogP contribution in [0.1, 0.15) is 55.7 Å². The van der Waals surface area contributed by atoms with E-state index in [0.29, 0.717) is 18.7 Å². The number of hydrogen-bond donors (Lipinski definition) is 0. The molecule has 1 saturated heterocycles. The molecule has 0 N–H and O–H groups in total. The van der Waals surface area contributed by atoms with E-state index >= 15 is 0 Å². The third-order valence-corrected chi connectivity index (χ3v) is 6.57. The number of hydrogen-bond acceptors (Lipinski definition) is 6. The molecule has 9 heteroatoms. The molecule has 1 aliphatic rings. The lowest BCUT2D eigenvalue weighted by Crippen LogP contribution is -2.42. The summed E-state index contributed by atoms with van der Waals surface area (Å²) >= 11 is 0. The number of Topliss-reactive ketones (excluding diaryl/α,β-unsaturated/α-hetero) is 1. The molecule has 37 heavy (non-hydrogen) atoms. The summed E-state index contributed by atoms with van der Waals surface area (Å²) in [7, 11) is 1.90. The van der Waals surface area contributed by atoms with Crippen molar-refractivity contribution in [3.05, 3.63) is 66.5 Å². The molecule has 1 aromatic carbocycles. The van der Waals surface area contributed by atoms with Crippen LogP contribution in [-0.4, -0.2) is 60.0 Å². The van der Waals surface area contributed by atoms with Gasteiger partial charge in [0.1, 0.15) is 5.60 Å². The van der Waals surface area contributed by atoms with Crippen LogP contribution >= 0.6 is 0 Å². The van der Waals surface area contributed by atoms with Crippen molar-refractivity contribution in [3.63, 3.8) is 0 Å². The van der Waals surface area contributed by atoms with Gasteiger partial charge in [-0.25, -0.2) is 4.79 Å². The third-order valence-electron chi connectivity index (χ3n) is 6.57. The van der Waals surface area contributed by atoms with Gasteiger partial charge < -0.3 is 9.64 Å². The summed E-state index contributed by atoms with van der Waals surface area (Å²) in [6.45, 7) is 6.81. The van der Waals surface area contributed by atoms with Crippen LogP contribution in [0.5, 0.6) is 0 Å². The van der Waals surface area contributed by atoms with Crippen molar-refractivity contribution in [3.8, 4) is 11.1 Å². The highest BCUT2D eigenvalue weighted by Crippen LogP contribution is 2.26. The molecule has 9 nitrogen and oxygen atoms in total. The molecule has 0 bridgehead atoms. The number of pyridine rings is 1. The number of likely N-dealkylation sites (tertiary alicyclic amines) is 1. The van der Waals surface area contributed by atoms with Gasteiger partial charge in [-0.1, -0.05) is 12.1 Å². The number of carbonyl (C=O) groups is 2. The second kappa shape index (κ2) is 9.80. The Balaban J connectivity index is 1.23. The number of piperidine rings is 1. The Kier molecular flexibility index (Phi) is 6.54. The van der Waals surface area contributed by atoms with E-state index < -0.39 is 5.60 Å². The number of carbonyl (C=O) groups excluding carboxylic acids is 2. The summed E-state index contributed by atoms with van der Waals surface area (Å²) in [5, 5.41) is 10.8. The number of aryl methyl sites for hydroxylation is 1. The standard InChI is InChI=1S/C28H32N6O3/c1-28(2,3)37-27(36)33-9-7-25(8-10-33)34-18-23(16-31-34)26(35)13-24-12-21-11-19(5-6-20(21)14-29-24)22-15-30-32(4)17-22/h5-6,11-12,14-18,25H,7-10,13H2,1-4H3. The van der Waals surface area contributed by atoms with Crippen LogP contribution in [0.3, 0.4) is 0 Å². The van der Waals surface area contributed by atoms with Crippen LogP contribution < -0.4 is 0 Å². The molecule has 0 aliphatic carbocycles. The summed E-state index contributed by atoms with van der Waals surface area (Å²) in [6.07, 6.45) is 10.5. The van der Waals surface area contributed by atoms with Crippen molar-refractivity contribution in [2.24, 2.45) is 7.05 Å². The summed E-state index contributed by atoms with van der Waals surface area (Å²) in [5.74, 6) is -0.0206. The Morgan fingerprint density at radius 1 is 0.973 bits per heavy atom. The number of aromatic nitrogens is 5. The molecule has 192 valence electrons. The molecule has 0 unspecified atom stereocenters. The number of rotatable bonds is 5. The first kappa shape index (κ1) is 24.7. The van der Waals surface area contributed by atoms with E-state index in [-0.39, 0.29) is 24.3 Å². The van der Waals surface area contributed by atoms with Crippen LogP contribution in [0.15, 0.2) is 55.2 Å². The minimum Gasteiger partial charge on any atom is -0.444 e. The van der Waals surface area contributed by atoms with Gasteiger partial charge in [-0.15, -0.1) is 0 Å². The van der Waals surface area contributed by atoms with E-state index in [4.69, 9.17) is 4.74 Å². The molecule has 5 rings (SSSR count). The first-order valence-corrected chi connectivity index (χ1v) is 12.6. The Morgan fingerprint density at radius 2 is 1.76 bits per heavy atom. The minimum absolute atomic E-state index is 0.0206. The van der Waals surface area contributed by atoms with Crippen molar-refractivity contribution < 1.29 is 14.3 Å². The van der Waals surface area contributed by atoms with E-state index in [1.54, 1.807) is 15.8 Å². The Labute approximate surface area is 216 Å². The molecule has 0 spiro atoms. The van der Waals surface area contributed by atoms with Crippen LogP contribution in [0, 0.1) is 0 Å². The molecule has 4 heterocycles. The zero-order chi connectivity index (χ0) is 26.2. The average molecular weight is 501 g/mol. The van der Waals surface area contributed by atoms with E-state index in [2.05, 4.69) is 27.3 Å². The van der Waals surface area contributed by atoms with Crippen LogP contribution in [-0.2, 0) is 18.2 Å². The van der Waals surface area contributed by atoms with Crippen molar-refractivity contribution in [1.82, 2.24) is 29.4 Å². The molecule has 1 aliphatic heterocycles. The zero-order valence-corrected chi connectivity index (χ0v) is 21.7. The highest BCUT2D eigenvalue weighted by molar-refractivity contribution is 5.97. The zero-order valence-electron chi connectivity index (χ0n) is 21.7. The second-order valence-corrected chi connectivity index (χ2v) is 10.6. The van der Waals surface area contributed by atoms with E-state index in [0.717, 1.165) is 40.4 Å². The van der Waals surface area contributed by atoms with Gasteiger partial charge in [-0.3, -0.25) is 19.1 Å². The average Bonchev–Trinajstić information content (AvgIpc) is 3.52. The molecule has 0 saturated carbocycles. The van der Waals surface area contributed by atoms with Gasteiger partial charge in [0.25, 0.3) is 0 Å². The van der Waals surface area contributed by atoms with Gasteiger partial charge in [-0.2, -0.15) is 10.2 Å². The largest absolute Gasteiger partial charge is 0.444 e. The number of benzene rings is 1. The lowest BCUT2D eigenvalue weighted by molar-refractivity contribution is 0.0184. The predicted octanol–water partition coefficient (Wildman–Crippen LogP) is 4.83. The van der Waals surface area contributed by atoms with Crippen molar-refractivity contribution in [2.75, 3.05) is 13.1 Å².